The summed E-state index contributed by atoms with van der Waals surface area (Å²) in [4.78, 5) is 12.1. The van der Waals surface area contributed by atoms with Crippen LogP contribution in [0.25, 0.3) is 0 Å². The van der Waals surface area contributed by atoms with E-state index in [4.69, 9.17) is 4.74 Å². The highest BCUT2D eigenvalue weighted by Gasteiger charge is 2.06. The van der Waals surface area contributed by atoms with E-state index in [1.165, 1.54) is 437 Å². The van der Waals surface area contributed by atoms with E-state index >= 15 is 0 Å². The summed E-state index contributed by atoms with van der Waals surface area (Å²) >= 11 is 0. The zero-order chi connectivity index (χ0) is 58.9. The van der Waals surface area contributed by atoms with Crippen LogP contribution in [0.1, 0.15) is 489 Å². The van der Waals surface area contributed by atoms with E-state index in [1.54, 1.807) is 0 Å². The Kier molecular flexibility index (Phi) is 76.0. The van der Waals surface area contributed by atoms with Crippen LogP contribution in [0.5, 0.6) is 0 Å². The molecule has 0 amide bonds. The summed E-state index contributed by atoms with van der Waals surface area (Å²) in [6, 6.07) is 0. The van der Waals surface area contributed by atoms with E-state index in [0.717, 1.165) is 32.1 Å². The van der Waals surface area contributed by atoms with Crippen LogP contribution in [-0.2, 0) is 9.53 Å². The number of carbonyl (C=O) groups excluding carboxylic acids is 1. The normalized spacial score (nSPS) is 12.1. The van der Waals surface area contributed by atoms with Crippen molar-refractivity contribution >= 4 is 5.97 Å². The first-order valence-corrected chi connectivity index (χ1v) is 39.5. The number of carbonyl (C=O) groups is 1. The minimum Gasteiger partial charge on any atom is -0.466 e. The van der Waals surface area contributed by atoms with Crippen molar-refractivity contribution < 1.29 is 14.6 Å². The molecule has 0 aromatic heterocycles. The molecule has 1 atom stereocenters. The zero-order valence-corrected chi connectivity index (χ0v) is 57.4. The molecule has 82 heavy (non-hydrogen) atoms. The van der Waals surface area contributed by atoms with Crippen molar-refractivity contribution in [2.45, 2.75) is 495 Å². The fraction of sp³-hybridized carbons (Fsp3) is 0.987. The summed E-state index contributed by atoms with van der Waals surface area (Å²) in [5, 5.41) is 10.1. The van der Waals surface area contributed by atoms with Crippen molar-refractivity contribution in [3.05, 3.63) is 0 Å². The van der Waals surface area contributed by atoms with E-state index in [9.17, 15) is 9.90 Å². The molecule has 1 unspecified atom stereocenters. The van der Waals surface area contributed by atoms with Crippen LogP contribution in [0, 0.1) is 0 Å². The Morgan fingerprint density at radius 2 is 0.366 bits per heavy atom. The van der Waals surface area contributed by atoms with E-state index in [-0.39, 0.29) is 12.1 Å². The van der Waals surface area contributed by atoms with Gasteiger partial charge in [-0.3, -0.25) is 4.79 Å². The van der Waals surface area contributed by atoms with Crippen molar-refractivity contribution in [2.24, 2.45) is 0 Å². The molecule has 0 saturated heterocycles. The molecule has 1 N–H and O–H groups in total. The fourth-order valence-electron chi connectivity index (χ4n) is 13.2. The van der Waals surface area contributed by atoms with Crippen LogP contribution in [0.3, 0.4) is 0 Å². The van der Waals surface area contributed by atoms with Crippen molar-refractivity contribution in [2.75, 3.05) is 6.61 Å². The number of unbranched alkanes of at least 4 members (excludes halogenated alkanes) is 68. The Morgan fingerprint density at radius 1 is 0.220 bits per heavy atom. The highest BCUT2D eigenvalue weighted by atomic mass is 16.5. The van der Waals surface area contributed by atoms with Gasteiger partial charge in [0.2, 0.25) is 0 Å². The smallest absolute Gasteiger partial charge is 0.305 e. The van der Waals surface area contributed by atoms with Crippen LogP contribution in [-0.4, -0.2) is 23.8 Å². The van der Waals surface area contributed by atoms with Gasteiger partial charge in [0.25, 0.3) is 0 Å². The van der Waals surface area contributed by atoms with Crippen molar-refractivity contribution in [1.82, 2.24) is 0 Å². The molecule has 0 saturated carbocycles. The van der Waals surface area contributed by atoms with Crippen molar-refractivity contribution in [3.8, 4) is 0 Å². The third kappa shape index (κ3) is 75.5. The second kappa shape index (κ2) is 76.5. The number of aliphatic hydroxyl groups is 1. The average molecular weight is 1160 g/mol. The predicted molar refractivity (Wildman–Crippen MR) is 370 cm³/mol. The lowest BCUT2D eigenvalue weighted by Gasteiger charge is -2.10. The van der Waals surface area contributed by atoms with Gasteiger partial charge >= 0.3 is 5.97 Å². The lowest BCUT2D eigenvalue weighted by molar-refractivity contribution is -0.143. The Hall–Kier alpha value is -0.570. The molecule has 0 heterocycles. The largest absolute Gasteiger partial charge is 0.466 e. The second-order valence-electron chi connectivity index (χ2n) is 27.6. The van der Waals surface area contributed by atoms with Gasteiger partial charge in [-0.1, -0.05) is 457 Å². The van der Waals surface area contributed by atoms with E-state index in [1.807, 2.05) is 0 Å². The molecule has 0 aromatic carbocycles. The molecular weight excluding hydrogens is 997 g/mol. The molecule has 0 aliphatic carbocycles. The first-order chi connectivity index (χ1) is 40.7. The molecule has 492 valence electrons. The first-order valence-electron chi connectivity index (χ1n) is 39.5. The van der Waals surface area contributed by atoms with Gasteiger partial charge in [-0.2, -0.15) is 0 Å². The summed E-state index contributed by atoms with van der Waals surface area (Å²) < 4.78 is 5.50. The molecule has 0 radical (unpaired) electrons. The molecule has 0 aromatic rings. The van der Waals surface area contributed by atoms with Gasteiger partial charge in [-0.05, 0) is 25.7 Å². The topological polar surface area (TPSA) is 46.5 Å². The van der Waals surface area contributed by atoms with Gasteiger partial charge in [0.05, 0.1) is 12.7 Å². The minimum absolute atomic E-state index is 0.0105. The predicted octanol–water partition coefficient (Wildman–Crippen LogP) is 28.8. The number of rotatable bonds is 76. The van der Waals surface area contributed by atoms with Crippen LogP contribution in [0.2, 0.25) is 0 Å². The first kappa shape index (κ1) is 81.4. The molecule has 0 aliphatic heterocycles. The third-order valence-electron chi connectivity index (χ3n) is 19.1. The molecule has 3 heteroatoms. The van der Waals surface area contributed by atoms with E-state index in [2.05, 4.69) is 13.8 Å². The number of aliphatic hydroxyl groups excluding tert-OH is 1. The fourth-order valence-corrected chi connectivity index (χ4v) is 13.2. The number of ether oxygens (including phenoxy) is 1. The Morgan fingerprint density at radius 3 is 0.561 bits per heavy atom. The van der Waals surface area contributed by atoms with Gasteiger partial charge in [0, 0.05) is 6.42 Å². The zero-order valence-electron chi connectivity index (χ0n) is 57.4. The molecule has 0 fully saturated rings. The summed E-state index contributed by atoms with van der Waals surface area (Å²) in [5.74, 6) is 0.0105. The van der Waals surface area contributed by atoms with Gasteiger partial charge in [0.15, 0.2) is 0 Å². The standard InChI is InChI=1S/C79H158O3/c1-3-5-7-9-10-11-12-13-14-15-16-17-18-19-20-21-22-23-24-25-26-27-28-29-30-31-32-33-34-35-36-37-38-39-40-41-42-43-44-45-46-47-48-49-50-51-52-53-54-55-56-57-58-59-60-63-66-69-73-77-82-79(81)76-72-68-65-62-61-64-67-71-75-78(80)74-70-8-6-4-2/h78,80H,3-77H2,1-2H3. The number of hydrogen-bond acceptors (Lipinski definition) is 3. The lowest BCUT2D eigenvalue weighted by Crippen LogP contribution is -2.06. The Balaban J connectivity index is 3.13. The summed E-state index contributed by atoms with van der Waals surface area (Å²) in [5.41, 5.74) is 0. The SMILES string of the molecule is CCCCCCCCCCCCCCCCCCCCCCCCCCCCCCCCCCCCCCCCCCCCCCCCCCCCCCCCCCCCCOC(=O)CCCCCCCCCCC(O)CCCCCC. The van der Waals surface area contributed by atoms with Crippen molar-refractivity contribution in [1.29, 1.82) is 0 Å². The second-order valence-corrected chi connectivity index (χ2v) is 27.6. The Labute approximate surface area is 519 Å². The minimum atomic E-state index is -0.0807. The third-order valence-corrected chi connectivity index (χ3v) is 19.1. The maximum Gasteiger partial charge on any atom is 0.305 e. The molecule has 3 nitrogen and oxygen atoms in total. The van der Waals surface area contributed by atoms with Gasteiger partial charge in [-0.25, -0.2) is 0 Å². The maximum absolute atomic E-state index is 12.1. The van der Waals surface area contributed by atoms with Gasteiger partial charge in [0.1, 0.15) is 0 Å². The average Bonchev–Trinajstić information content (AvgIpc) is 3.48. The molecule has 0 rings (SSSR count). The molecule has 0 bridgehead atoms. The highest BCUT2D eigenvalue weighted by Crippen LogP contribution is 2.21. The van der Waals surface area contributed by atoms with Gasteiger partial charge in [-0.15, -0.1) is 0 Å². The molecule has 0 spiro atoms. The summed E-state index contributed by atoms with van der Waals surface area (Å²) in [6.45, 7) is 5.17. The quantitative estimate of drug-likeness (QED) is 0.0488. The monoisotopic (exact) mass is 1160 g/mol. The summed E-state index contributed by atoms with van der Waals surface area (Å²) in [6.07, 6.45) is 103. The Bertz CT molecular complexity index is 1100. The van der Waals surface area contributed by atoms with Crippen LogP contribution in [0.15, 0.2) is 0 Å². The van der Waals surface area contributed by atoms with E-state index in [0.29, 0.717) is 13.0 Å². The summed E-state index contributed by atoms with van der Waals surface area (Å²) in [7, 11) is 0. The molecule has 0 aliphatic rings. The number of hydrogen-bond donors (Lipinski definition) is 1. The van der Waals surface area contributed by atoms with Crippen LogP contribution >= 0.6 is 0 Å². The molecular formula is C79H158O3. The van der Waals surface area contributed by atoms with Crippen LogP contribution < -0.4 is 0 Å². The van der Waals surface area contributed by atoms with Crippen molar-refractivity contribution in [3.63, 3.8) is 0 Å². The van der Waals surface area contributed by atoms with Crippen LogP contribution in [0.4, 0.5) is 0 Å². The highest BCUT2D eigenvalue weighted by molar-refractivity contribution is 5.69. The van der Waals surface area contributed by atoms with Gasteiger partial charge < -0.3 is 9.84 Å². The maximum atomic E-state index is 12.1. The lowest BCUT2D eigenvalue weighted by atomic mass is 10.0. The van der Waals surface area contributed by atoms with E-state index < -0.39 is 0 Å². The number of esters is 1.